The van der Waals surface area contributed by atoms with E-state index in [2.05, 4.69) is 67.5 Å². The molecule has 1 aliphatic heterocycles. The first kappa shape index (κ1) is 16.8. The van der Waals surface area contributed by atoms with Gasteiger partial charge in [0.1, 0.15) is 12.0 Å². The number of nitrogen functional groups attached to an aromatic ring is 1. The molecule has 2 heterocycles. The minimum Gasteiger partial charge on any atom is -0.393 e. The van der Waals surface area contributed by atoms with E-state index in [9.17, 15) is 0 Å². The van der Waals surface area contributed by atoms with Crippen LogP contribution in [0.5, 0.6) is 0 Å². The van der Waals surface area contributed by atoms with Crippen molar-refractivity contribution in [2.24, 2.45) is 0 Å². The van der Waals surface area contributed by atoms with Gasteiger partial charge in [0.15, 0.2) is 11.6 Å². The summed E-state index contributed by atoms with van der Waals surface area (Å²) in [6.45, 7) is 13.1. The molecule has 0 amide bonds. The highest BCUT2D eigenvalue weighted by Gasteiger charge is 2.37. The smallest absolute Gasteiger partial charge is 0.155 e. The minimum absolute atomic E-state index is 0.0836. The highest BCUT2D eigenvalue weighted by molar-refractivity contribution is 5.74. The Hall–Kier alpha value is -1.56. The molecule has 0 bridgehead atoms. The standard InChI is InChI=1S/C16H30N6/c1-10(2)20-13-12(17)14(19-9-18-13)21-11-7-15(3,4)22-16(5,6)8-11/h9-11,22H,7-8,17H2,1-6H3,(H2,18,19,20,21). The molecule has 1 fully saturated rings. The molecule has 0 radical (unpaired) electrons. The molecule has 0 spiro atoms. The molecule has 0 aliphatic carbocycles. The van der Waals surface area contributed by atoms with Crippen LogP contribution in [-0.2, 0) is 0 Å². The van der Waals surface area contributed by atoms with Crippen molar-refractivity contribution in [2.45, 2.75) is 77.5 Å². The molecule has 124 valence electrons. The van der Waals surface area contributed by atoms with Crippen LogP contribution >= 0.6 is 0 Å². The molecule has 2 rings (SSSR count). The Morgan fingerprint density at radius 3 is 2.23 bits per heavy atom. The van der Waals surface area contributed by atoms with E-state index in [0.29, 0.717) is 17.5 Å². The van der Waals surface area contributed by atoms with E-state index in [4.69, 9.17) is 5.73 Å². The van der Waals surface area contributed by atoms with Crippen LogP contribution in [0.25, 0.3) is 0 Å². The van der Waals surface area contributed by atoms with Crippen molar-refractivity contribution >= 4 is 17.3 Å². The minimum atomic E-state index is 0.0836. The highest BCUT2D eigenvalue weighted by atomic mass is 15.1. The maximum Gasteiger partial charge on any atom is 0.155 e. The third-order valence-electron chi connectivity index (χ3n) is 3.84. The number of nitrogens with zero attached hydrogens (tertiary/aromatic N) is 2. The Bertz CT molecular complexity index is 507. The van der Waals surface area contributed by atoms with Gasteiger partial charge in [-0.15, -0.1) is 0 Å². The van der Waals surface area contributed by atoms with Gasteiger partial charge in [-0.25, -0.2) is 9.97 Å². The summed E-state index contributed by atoms with van der Waals surface area (Å²) in [5, 5.41) is 10.5. The fourth-order valence-corrected chi connectivity index (χ4v) is 3.52. The normalized spacial score (nSPS) is 20.9. The Morgan fingerprint density at radius 2 is 1.68 bits per heavy atom. The zero-order valence-electron chi connectivity index (χ0n) is 14.6. The van der Waals surface area contributed by atoms with Crippen LogP contribution in [0.3, 0.4) is 0 Å². The Balaban J connectivity index is 2.16. The maximum absolute atomic E-state index is 6.22. The van der Waals surface area contributed by atoms with Crippen molar-refractivity contribution in [3.63, 3.8) is 0 Å². The molecule has 0 atom stereocenters. The van der Waals surface area contributed by atoms with Gasteiger partial charge in [-0.05, 0) is 54.4 Å². The van der Waals surface area contributed by atoms with Crippen molar-refractivity contribution in [1.29, 1.82) is 0 Å². The molecule has 5 N–H and O–H groups in total. The fraction of sp³-hybridized carbons (Fsp3) is 0.750. The summed E-state index contributed by atoms with van der Waals surface area (Å²) in [6, 6.07) is 0.608. The van der Waals surface area contributed by atoms with Crippen molar-refractivity contribution < 1.29 is 0 Å². The van der Waals surface area contributed by atoms with E-state index >= 15 is 0 Å². The number of nitrogens with one attached hydrogen (secondary N) is 3. The lowest BCUT2D eigenvalue weighted by Gasteiger charge is -2.46. The zero-order chi connectivity index (χ0) is 16.5. The van der Waals surface area contributed by atoms with E-state index in [0.717, 1.165) is 18.7 Å². The lowest BCUT2D eigenvalue weighted by molar-refractivity contribution is 0.170. The summed E-state index contributed by atoms with van der Waals surface area (Å²) in [6.07, 6.45) is 3.60. The predicted molar refractivity (Wildman–Crippen MR) is 93.1 cm³/mol. The maximum atomic E-state index is 6.22. The second-order valence-electron chi connectivity index (χ2n) is 7.93. The number of anilines is 3. The number of piperidine rings is 1. The molecule has 1 aromatic rings. The van der Waals surface area contributed by atoms with Crippen molar-refractivity contribution in [2.75, 3.05) is 16.4 Å². The molecule has 6 nitrogen and oxygen atoms in total. The van der Waals surface area contributed by atoms with Gasteiger partial charge >= 0.3 is 0 Å². The quantitative estimate of drug-likeness (QED) is 0.684. The number of rotatable bonds is 4. The van der Waals surface area contributed by atoms with Gasteiger partial charge in [-0.1, -0.05) is 0 Å². The van der Waals surface area contributed by atoms with Crippen LogP contribution in [0.4, 0.5) is 17.3 Å². The molecule has 0 saturated carbocycles. The van der Waals surface area contributed by atoms with Gasteiger partial charge in [-0.2, -0.15) is 0 Å². The first-order valence-corrected chi connectivity index (χ1v) is 8.01. The van der Waals surface area contributed by atoms with Gasteiger partial charge < -0.3 is 21.7 Å². The SMILES string of the molecule is CC(C)Nc1ncnc(NC2CC(C)(C)NC(C)(C)C2)c1N. The molecule has 0 unspecified atom stereocenters. The highest BCUT2D eigenvalue weighted by Crippen LogP contribution is 2.32. The van der Waals surface area contributed by atoms with Gasteiger partial charge in [0.25, 0.3) is 0 Å². The average molecular weight is 306 g/mol. The summed E-state index contributed by atoms with van der Waals surface area (Å²) in [4.78, 5) is 8.56. The van der Waals surface area contributed by atoms with Gasteiger partial charge in [0, 0.05) is 23.2 Å². The van der Waals surface area contributed by atoms with Crippen LogP contribution in [0.15, 0.2) is 6.33 Å². The zero-order valence-corrected chi connectivity index (χ0v) is 14.6. The average Bonchev–Trinajstić information content (AvgIpc) is 2.29. The Morgan fingerprint density at radius 1 is 1.14 bits per heavy atom. The predicted octanol–water partition coefficient (Wildman–Crippen LogP) is 2.60. The van der Waals surface area contributed by atoms with Crippen molar-refractivity contribution in [3.05, 3.63) is 6.33 Å². The van der Waals surface area contributed by atoms with Crippen LogP contribution in [0.1, 0.15) is 54.4 Å². The number of hydrogen-bond donors (Lipinski definition) is 4. The third-order valence-corrected chi connectivity index (χ3v) is 3.84. The van der Waals surface area contributed by atoms with E-state index in [-0.39, 0.29) is 17.1 Å². The fourth-order valence-electron chi connectivity index (χ4n) is 3.52. The molecule has 1 aromatic heterocycles. The first-order chi connectivity index (χ1) is 10.1. The first-order valence-electron chi connectivity index (χ1n) is 8.01. The van der Waals surface area contributed by atoms with Crippen LogP contribution in [0, 0.1) is 0 Å². The van der Waals surface area contributed by atoms with Crippen LogP contribution in [-0.4, -0.2) is 33.1 Å². The molecule has 0 aromatic carbocycles. The molecule has 1 saturated heterocycles. The Kier molecular flexibility index (Phi) is 4.52. The van der Waals surface area contributed by atoms with Crippen LogP contribution < -0.4 is 21.7 Å². The molecular weight excluding hydrogens is 276 g/mol. The third kappa shape index (κ3) is 4.22. The van der Waals surface area contributed by atoms with E-state index in [1.807, 2.05) is 0 Å². The molecule has 1 aliphatic rings. The largest absolute Gasteiger partial charge is 0.393 e. The number of hydrogen-bond acceptors (Lipinski definition) is 6. The molecule has 22 heavy (non-hydrogen) atoms. The summed E-state index contributed by atoms with van der Waals surface area (Å²) in [5.74, 6) is 1.41. The lowest BCUT2D eigenvalue weighted by Crippen LogP contribution is -2.60. The van der Waals surface area contributed by atoms with Gasteiger partial charge in [-0.3, -0.25) is 0 Å². The summed E-state index contributed by atoms with van der Waals surface area (Å²) in [5.41, 5.74) is 6.97. The summed E-state index contributed by atoms with van der Waals surface area (Å²) in [7, 11) is 0. The second-order valence-corrected chi connectivity index (χ2v) is 7.93. The second kappa shape index (κ2) is 5.91. The van der Waals surface area contributed by atoms with E-state index < -0.39 is 0 Å². The van der Waals surface area contributed by atoms with Gasteiger partial charge in [0.05, 0.1) is 0 Å². The lowest BCUT2D eigenvalue weighted by atomic mass is 9.79. The number of aromatic nitrogens is 2. The molecule has 6 heteroatoms. The Labute approximate surface area is 133 Å². The number of nitrogens with two attached hydrogens (primary N) is 1. The molecular formula is C16H30N6. The van der Waals surface area contributed by atoms with Crippen LogP contribution in [0.2, 0.25) is 0 Å². The van der Waals surface area contributed by atoms with Crippen molar-refractivity contribution in [3.8, 4) is 0 Å². The van der Waals surface area contributed by atoms with Gasteiger partial charge in [0.2, 0.25) is 0 Å². The van der Waals surface area contributed by atoms with E-state index in [1.54, 1.807) is 6.33 Å². The topological polar surface area (TPSA) is 87.9 Å². The summed E-state index contributed by atoms with van der Waals surface area (Å²) < 4.78 is 0. The van der Waals surface area contributed by atoms with E-state index in [1.165, 1.54) is 0 Å². The van der Waals surface area contributed by atoms with Crippen molar-refractivity contribution in [1.82, 2.24) is 15.3 Å². The monoisotopic (exact) mass is 306 g/mol. The summed E-state index contributed by atoms with van der Waals surface area (Å²) >= 11 is 0.